The largest absolute Gasteiger partial charge is 0.370 e. The second-order valence-electron chi connectivity index (χ2n) is 8.97. The first-order valence-corrected chi connectivity index (χ1v) is 11.1. The van der Waals surface area contributed by atoms with Crippen LogP contribution in [0.3, 0.4) is 0 Å². The van der Waals surface area contributed by atoms with Gasteiger partial charge in [0.15, 0.2) is 23.6 Å². The third-order valence-electron chi connectivity index (χ3n) is 7.13. The zero-order chi connectivity index (χ0) is 24.3. The summed E-state index contributed by atoms with van der Waals surface area (Å²) in [5, 5.41) is 28.4. The molecule has 0 radical (unpaired) electrons. The van der Waals surface area contributed by atoms with Gasteiger partial charge in [0.25, 0.3) is 11.8 Å². The summed E-state index contributed by atoms with van der Waals surface area (Å²) >= 11 is 0. The molecule has 1 spiro atoms. The van der Waals surface area contributed by atoms with Crippen LogP contribution in [0.15, 0.2) is 28.2 Å². The molecule has 1 aromatic rings. The van der Waals surface area contributed by atoms with Crippen molar-refractivity contribution in [3.63, 3.8) is 0 Å². The van der Waals surface area contributed by atoms with Gasteiger partial charge in [-0.05, 0) is 42.9 Å². The van der Waals surface area contributed by atoms with Gasteiger partial charge in [0, 0.05) is 12.1 Å². The van der Waals surface area contributed by atoms with Crippen LogP contribution in [0, 0.1) is 0 Å². The fraction of sp³-hybridized carbons (Fsp3) is 0.524. The fourth-order valence-corrected chi connectivity index (χ4v) is 5.60. The van der Waals surface area contributed by atoms with Gasteiger partial charge in [0.2, 0.25) is 5.79 Å². The Bertz CT molecular complexity index is 1100. The van der Waals surface area contributed by atoms with E-state index in [4.69, 9.17) is 16.3 Å². The Kier molecular flexibility index (Phi) is 5.15. The normalized spacial score (nSPS) is 30.8. The number of nitrogens with one attached hydrogen (secondary N) is 3. The van der Waals surface area contributed by atoms with E-state index in [1.54, 1.807) is 6.07 Å². The van der Waals surface area contributed by atoms with Crippen LogP contribution in [-0.4, -0.2) is 82.1 Å². The van der Waals surface area contributed by atoms with Gasteiger partial charge in [-0.25, -0.2) is 15.5 Å². The molecule has 1 saturated heterocycles. The first-order chi connectivity index (χ1) is 16.2. The van der Waals surface area contributed by atoms with Crippen molar-refractivity contribution in [2.24, 2.45) is 21.5 Å². The number of nitrogens with two attached hydrogens (primary N) is 2. The molecule has 34 heavy (non-hydrogen) atoms. The predicted octanol–water partition coefficient (Wildman–Crippen LogP) is -2.98. The van der Waals surface area contributed by atoms with E-state index < -0.39 is 41.4 Å². The van der Waals surface area contributed by atoms with E-state index in [1.165, 1.54) is 12.0 Å². The molecule has 182 valence electrons. The van der Waals surface area contributed by atoms with E-state index in [9.17, 15) is 19.8 Å². The highest BCUT2D eigenvalue weighted by Crippen LogP contribution is 2.44. The molecule has 4 aliphatic rings. The number of nitrogens with zero attached hydrogens (tertiary/aromatic N) is 3. The molecule has 1 aliphatic carbocycles. The zero-order valence-corrected chi connectivity index (χ0v) is 18.6. The molecule has 2 amide bonds. The van der Waals surface area contributed by atoms with Crippen molar-refractivity contribution >= 4 is 23.7 Å². The Balaban J connectivity index is 1.48. The SMILES string of the molecule is CONC(=O)[C@@H]1N=C(N)N2CC(NC(=O)c3cccc4c3CCCC4)C(O)(O)C23NC(N)=NC13. The van der Waals surface area contributed by atoms with Crippen molar-refractivity contribution in [3.8, 4) is 0 Å². The van der Waals surface area contributed by atoms with E-state index in [1.807, 2.05) is 12.1 Å². The molecule has 1 aromatic carbocycles. The molecule has 0 saturated carbocycles. The summed E-state index contributed by atoms with van der Waals surface area (Å²) in [6.45, 7) is -0.103. The maximum absolute atomic E-state index is 13.3. The first kappa shape index (κ1) is 22.4. The molecule has 1 fully saturated rings. The van der Waals surface area contributed by atoms with Crippen molar-refractivity contribution in [2.75, 3.05) is 13.7 Å². The van der Waals surface area contributed by atoms with Crippen LogP contribution in [0.5, 0.6) is 0 Å². The summed E-state index contributed by atoms with van der Waals surface area (Å²) in [6.07, 6.45) is 3.75. The number of benzene rings is 1. The smallest absolute Gasteiger partial charge is 0.270 e. The molecule has 5 rings (SSSR count). The van der Waals surface area contributed by atoms with E-state index in [0.717, 1.165) is 36.8 Å². The first-order valence-electron chi connectivity index (χ1n) is 11.1. The van der Waals surface area contributed by atoms with Crippen LogP contribution >= 0.6 is 0 Å². The van der Waals surface area contributed by atoms with Gasteiger partial charge in [-0.3, -0.25) is 14.4 Å². The maximum Gasteiger partial charge on any atom is 0.270 e. The average Bonchev–Trinajstić information content (AvgIpc) is 3.27. The molecular formula is C21H28N8O5. The predicted molar refractivity (Wildman–Crippen MR) is 120 cm³/mol. The molecular weight excluding hydrogens is 444 g/mol. The van der Waals surface area contributed by atoms with Gasteiger partial charge in [0.05, 0.1) is 7.11 Å². The third-order valence-corrected chi connectivity index (χ3v) is 7.13. The van der Waals surface area contributed by atoms with Gasteiger partial charge in [-0.1, -0.05) is 12.1 Å². The molecule has 0 aromatic heterocycles. The molecule has 3 unspecified atom stereocenters. The average molecular weight is 473 g/mol. The lowest BCUT2D eigenvalue weighted by atomic mass is 9.84. The molecule has 3 heterocycles. The number of hydrogen-bond acceptors (Lipinski definition) is 11. The summed E-state index contributed by atoms with van der Waals surface area (Å²) in [6, 6.07) is 1.96. The van der Waals surface area contributed by atoms with Crippen LogP contribution in [0.25, 0.3) is 0 Å². The minimum Gasteiger partial charge on any atom is -0.370 e. The Morgan fingerprint density at radius 3 is 2.76 bits per heavy atom. The summed E-state index contributed by atoms with van der Waals surface area (Å²) in [5.41, 5.74) is 15.0. The number of aliphatic hydroxyl groups is 2. The van der Waals surface area contributed by atoms with Crippen molar-refractivity contribution < 1.29 is 24.6 Å². The second-order valence-corrected chi connectivity index (χ2v) is 8.97. The van der Waals surface area contributed by atoms with Crippen LogP contribution < -0.4 is 27.6 Å². The number of guanidine groups is 2. The number of hydroxylamine groups is 1. The quantitative estimate of drug-likeness (QED) is 0.176. The lowest BCUT2D eigenvalue weighted by Gasteiger charge is -2.48. The van der Waals surface area contributed by atoms with Crippen molar-refractivity contribution in [1.82, 2.24) is 21.0 Å². The fourth-order valence-electron chi connectivity index (χ4n) is 5.60. The minimum atomic E-state index is -2.63. The number of rotatable bonds is 4. The summed E-state index contributed by atoms with van der Waals surface area (Å²) in [4.78, 5) is 40.4. The lowest BCUT2D eigenvalue weighted by molar-refractivity contribution is -0.230. The van der Waals surface area contributed by atoms with E-state index in [-0.39, 0.29) is 18.5 Å². The zero-order valence-electron chi connectivity index (χ0n) is 18.6. The number of aliphatic imine (C=N–C) groups is 2. The maximum atomic E-state index is 13.3. The number of fused-ring (bicyclic) bond motifs is 1. The van der Waals surface area contributed by atoms with Crippen LogP contribution in [-0.2, 0) is 22.5 Å². The Morgan fingerprint density at radius 1 is 1.24 bits per heavy atom. The Hall–Kier alpha value is -3.42. The van der Waals surface area contributed by atoms with E-state index in [2.05, 4.69) is 26.1 Å². The molecule has 13 heteroatoms. The summed E-state index contributed by atoms with van der Waals surface area (Å²) in [5.74, 6) is -3.99. The monoisotopic (exact) mass is 472 g/mol. The number of amides is 2. The molecule has 4 atom stereocenters. The number of hydrogen-bond donors (Lipinski definition) is 7. The van der Waals surface area contributed by atoms with E-state index >= 15 is 0 Å². The molecule has 13 nitrogen and oxygen atoms in total. The van der Waals surface area contributed by atoms with Gasteiger partial charge in [-0.2, -0.15) is 0 Å². The van der Waals surface area contributed by atoms with Gasteiger partial charge >= 0.3 is 0 Å². The number of carbonyl (C=O) groups excluding carboxylic acids is 2. The summed E-state index contributed by atoms with van der Waals surface area (Å²) in [7, 11) is 1.26. The molecule has 0 bridgehead atoms. The van der Waals surface area contributed by atoms with E-state index in [0.29, 0.717) is 5.56 Å². The van der Waals surface area contributed by atoms with Crippen LogP contribution in [0.2, 0.25) is 0 Å². The third kappa shape index (κ3) is 3.04. The number of aryl methyl sites for hydroxylation is 1. The number of carbonyl (C=O) groups is 2. The minimum absolute atomic E-state index is 0.103. The standard InChI is InChI=1S/C21H28N8O5/c1-34-28-17(31)14-15-20(27-18(22)26-15)21(32,33)13(9-29(20)19(23)25-14)24-16(30)12-8-4-6-10-5-2-3-7-11(10)12/h4,6,8,13-15,32-33H,2-3,5,7,9H2,1H3,(H2,23,25)(H,24,30)(H,28,31)(H3,22,26,27)/t13?,14-,15?,20?/m1/s1. The topological polar surface area (TPSA) is 200 Å². The lowest BCUT2D eigenvalue weighted by Crippen LogP contribution is -2.78. The van der Waals surface area contributed by atoms with Crippen molar-refractivity contribution in [2.45, 2.75) is 55.3 Å². The highest BCUT2D eigenvalue weighted by Gasteiger charge is 2.74. The van der Waals surface area contributed by atoms with Gasteiger partial charge in [-0.15, -0.1) is 0 Å². The second kappa shape index (κ2) is 7.82. The van der Waals surface area contributed by atoms with Crippen molar-refractivity contribution in [3.05, 3.63) is 34.9 Å². The van der Waals surface area contributed by atoms with Gasteiger partial charge in [0.1, 0.15) is 12.1 Å². The summed E-state index contributed by atoms with van der Waals surface area (Å²) < 4.78 is 0. The highest BCUT2D eigenvalue weighted by atomic mass is 16.6. The Labute approximate surface area is 195 Å². The van der Waals surface area contributed by atoms with Crippen molar-refractivity contribution in [1.29, 1.82) is 0 Å². The van der Waals surface area contributed by atoms with Crippen LogP contribution in [0.4, 0.5) is 0 Å². The van der Waals surface area contributed by atoms with Gasteiger partial charge < -0.3 is 37.2 Å². The van der Waals surface area contributed by atoms with Crippen LogP contribution in [0.1, 0.15) is 34.3 Å². The Morgan fingerprint density at radius 2 is 2.00 bits per heavy atom. The molecule has 3 aliphatic heterocycles. The highest BCUT2D eigenvalue weighted by molar-refractivity contribution is 5.97. The molecule has 9 N–H and O–H groups in total.